The van der Waals surface area contributed by atoms with Crippen molar-refractivity contribution in [2.24, 2.45) is 5.92 Å². The predicted octanol–water partition coefficient (Wildman–Crippen LogP) is 7.27. The molecule has 4 aromatic rings. The Kier molecular flexibility index (Phi) is 15.3. The molecule has 1 fully saturated rings. The largest absolute Gasteiger partial charge is 0.407 e. The minimum absolute atomic E-state index is 0.0357. The molecular weight excluding hydrogens is 749 g/mol. The highest BCUT2D eigenvalue weighted by Gasteiger charge is 2.55. The molecule has 5 atom stereocenters. The van der Waals surface area contributed by atoms with E-state index < -0.39 is 46.8 Å². The number of methoxy groups -OCH3 is 2. The van der Waals surface area contributed by atoms with Gasteiger partial charge < -0.3 is 37.3 Å². The van der Waals surface area contributed by atoms with E-state index in [1.165, 1.54) is 20.7 Å². The summed E-state index contributed by atoms with van der Waals surface area (Å²) in [6, 6.07) is 42.7. The van der Waals surface area contributed by atoms with Crippen LogP contribution in [0.4, 0.5) is 0 Å². The summed E-state index contributed by atoms with van der Waals surface area (Å²) in [7, 11) is -2.52. The molecule has 0 bridgehead atoms. The van der Waals surface area contributed by atoms with Crippen LogP contribution in [-0.4, -0.2) is 87.9 Å². The van der Waals surface area contributed by atoms with E-state index in [0.717, 1.165) is 0 Å². The number of ether oxygens (including phenoxy) is 6. The summed E-state index contributed by atoms with van der Waals surface area (Å²) < 4.78 is 52.8. The van der Waals surface area contributed by atoms with Gasteiger partial charge in [-0.25, -0.2) is 0 Å². The van der Waals surface area contributed by atoms with Gasteiger partial charge in [0.1, 0.15) is 31.9 Å². The summed E-state index contributed by atoms with van der Waals surface area (Å²) in [6.45, 7) is 20.5. The second-order valence-electron chi connectivity index (χ2n) is 17.6. The minimum atomic E-state index is -2.92. The van der Waals surface area contributed by atoms with E-state index in [-0.39, 0.29) is 36.2 Å². The number of hydrogen-bond acceptors (Lipinski definition) is 8. The highest BCUT2D eigenvalue weighted by atomic mass is 28.4. The molecule has 5 rings (SSSR count). The van der Waals surface area contributed by atoms with Crippen LogP contribution in [-0.2, 0) is 37.3 Å². The first kappa shape index (κ1) is 45.1. The van der Waals surface area contributed by atoms with E-state index in [0.29, 0.717) is 6.61 Å². The minimum Gasteiger partial charge on any atom is -0.407 e. The van der Waals surface area contributed by atoms with E-state index in [9.17, 15) is 0 Å². The quantitative estimate of drug-likeness (QED) is 0.0768. The van der Waals surface area contributed by atoms with Crippen LogP contribution in [0.1, 0.15) is 62.3 Å². The Morgan fingerprint density at radius 1 is 0.596 bits per heavy atom. The molecule has 8 nitrogen and oxygen atoms in total. The Morgan fingerprint density at radius 2 is 1.00 bits per heavy atom. The van der Waals surface area contributed by atoms with Crippen LogP contribution in [0.5, 0.6) is 0 Å². The summed E-state index contributed by atoms with van der Waals surface area (Å²) in [4.78, 5) is 0. The molecular formula is C47H66O8Si2. The molecule has 1 aliphatic heterocycles. The Morgan fingerprint density at radius 3 is 1.39 bits per heavy atom. The molecule has 0 N–H and O–H groups in total. The number of hydrogen-bond donors (Lipinski definition) is 0. The third kappa shape index (κ3) is 10.1. The van der Waals surface area contributed by atoms with Crippen molar-refractivity contribution in [1.82, 2.24) is 0 Å². The lowest BCUT2D eigenvalue weighted by atomic mass is 9.92. The maximum absolute atomic E-state index is 7.46. The van der Waals surface area contributed by atoms with Gasteiger partial charge in [-0.05, 0) is 44.7 Å². The molecule has 1 heterocycles. The SMILES string of the molecule is COCO[C@H]([C@H]1OC(C)(C)O[C@@H](CO[Si](c2ccccc2)(c2ccccc2)C(C)(C)C)[C@H]1OCOC)[C@H](C)CO[Si](c1ccccc1)(c1ccccc1)C(C)(C)C. The average Bonchev–Trinajstić information content (AvgIpc) is 3.18. The van der Waals surface area contributed by atoms with Gasteiger partial charge in [-0.3, -0.25) is 0 Å². The van der Waals surface area contributed by atoms with Gasteiger partial charge in [-0.1, -0.05) is 170 Å². The molecule has 0 amide bonds. The molecule has 0 unspecified atom stereocenters. The van der Waals surface area contributed by atoms with E-state index in [4.69, 9.17) is 37.3 Å². The van der Waals surface area contributed by atoms with Crippen molar-refractivity contribution in [3.05, 3.63) is 121 Å². The van der Waals surface area contributed by atoms with E-state index in [2.05, 4.69) is 170 Å². The first-order chi connectivity index (χ1) is 27.1. The van der Waals surface area contributed by atoms with Crippen LogP contribution in [0.2, 0.25) is 10.1 Å². The summed E-state index contributed by atoms with van der Waals surface area (Å²) in [5.41, 5.74) is 0. The monoisotopic (exact) mass is 814 g/mol. The number of benzene rings is 4. The molecule has 1 aliphatic rings. The highest BCUT2D eigenvalue weighted by Crippen LogP contribution is 2.41. The fourth-order valence-corrected chi connectivity index (χ4v) is 17.8. The zero-order valence-corrected chi connectivity index (χ0v) is 38.0. The van der Waals surface area contributed by atoms with Gasteiger partial charge in [0, 0.05) is 26.7 Å². The second kappa shape index (κ2) is 19.4. The summed E-state index contributed by atoms with van der Waals surface area (Å²) in [6.07, 6.45) is -2.25. The van der Waals surface area contributed by atoms with Crippen molar-refractivity contribution in [2.75, 3.05) is 41.0 Å². The maximum atomic E-state index is 7.46. The van der Waals surface area contributed by atoms with Crippen LogP contribution in [0.3, 0.4) is 0 Å². The average molecular weight is 815 g/mol. The Hall–Kier alpha value is -3.01. The zero-order valence-electron chi connectivity index (χ0n) is 36.0. The molecule has 10 heteroatoms. The van der Waals surface area contributed by atoms with Gasteiger partial charge in [-0.2, -0.15) is 0 Å². The Bertz CT molecular complexity index is 1670. The van der Waals surface area contributed by atoms with Crippen LogP contribution in [0, 0.1) is 5.92 Å². The standard InChI is InChI=1S/C47H66O8Si2/c1-36(32-52-56(45(2,3)4,37-24-16-12-17-25-37)38-26-18-13-19-27-38)42(50-34-48-10)44-43(51-35-49-11)41(54-47(8,9)55-44)33-53-57(46(5,6)7,39-28-20-14-21-29-39)40-30-22-15-23-31-40/h12-31,36,41-44H,32-35H2,1-11H3/t36-,41+,42+,43-,44-/m1/s1. The molecule has 57 heavy (non-hydrogen) atoms. The third-order valence-corrected chi connectivity index (χ3v) is 21.1. The van der Waals surface area contributed by atoms with Crippen LogP contribution >= 0.6 is 0 Å². The first-order valence-electron chi connectivity index (χ1n) is 20.2. The molecule has 4 aromatic carbocycles. The van der Waals surface area contributed by atoms with Crippen molar-refractivity contribution in [3.63, 3.8) is 0 Å². The van der Waals surface area contributed by atoms with Crippen molar-refractivity contribution in [1.29, 1.82) is 0 Å². The summed E-state index contributed by atoms with van der Waals surface area (Å²) >= 11 is 0. The zero-order chi connectivity index (χ0) is 41.3. The van der Waals surface area contributed by atoms with Gasteiger partial charge in [0.05, 0.1) is 12.7 Å². The molecule has 1 saturated heterocycles. The highest BCUT2D eigenvalue weighted by molar-refractivity contribution is 7.00. The Labute approximate surface area is 344 Å². The second-order valence-corrected chi connectivity index (χ2v) is 26.3. The lowest BCUT2D eigenvalue weighted by Gasteiger charge is -2.50. The topological polar surface area (TPSA) is 73.8 Å². The van der Waals surface area contributed by atoms with Gasteiger partial charge >= 0.3 is 0 Å². The van der Waals surface area contributed by atoms with Crippen LogP contribution in [0.15, 0.2) is 121 Å². The summed E-state index contributed by atoms with van der Waals surface area (Å²) in [5, 5.41) is 4.40. The van der Waals surface area contributed by atoms with Crippen molar-refractivity contribution in [2.45, 2.75) is 103 Å². The lowest BCUT2D eigenvalue weighted by Crippen LogP contribution is -2.69. The van der Waals surface area contributed by atoms with Gasteiger partial charge in [0.25, 0.3) is 16.6 Å². The van der Waals surface area contributed by atoms with E-state index in [1.54, 1.807) is 14.2 Å². The van der Waals surface area contributed by atoms with Gasteiger partial charge in [0.15, 0.2) is 5.79 Å². The lowest BCUT2D eigenvalue weighted by molar-refractivity contribution is -0.366. The van der Waals surface area contributed by atoms with E-state index >= 15 is 0 Å². The van der Waals surface area contributed by atoms with Crippen molar-refractivity contribution < 1.29 is 37.3 Å². The molecule has 0 radical (unpaired) electrons. The van der Waals surface area contributed by atoms with Crippen molar-refractivity contribution >= 4 is 37.4 Å². The fraction of sp³-hybridized carbons (Fsp3) is 0.489. The van der Waals surface area contributed by atoms with Crippen molar-refractivity contribution in [3.8, 4) is 0 Å². The fourth-order valence-electron chi connectivity index (χ4n) is 8.61. The molecule has 0 aromatic heterocycles. The summed E-state index contributed by atoms with van der Waals surface area (Å²) in [5.74, 6) is -1.16. The van der Waals surface area contributed by atoms with Gasteiger partial charge in [-0.15, -0.1) is 0 Å². The molecule has 0 saturated carbocycles. The normalized spacial score (nSPS) is 20.2. The maximum Gasteiger partial charge on any atom is 0.261 e. The van der Waals surface area contributed by atoms with Gasteiger partial charge in [0.2, 0.25) is 0 Å². The molecule has 0 aliphatic carbocycles. The first-order valence-corrected chi connectivity index (χ1v) is 24.0. The number of rotatable bonds is 18. The van der Waals surface area contributed by atoms with Crippen LogP contribution < -0.4 is 20.7 Å². The van der Waals surface area contributed by atoms with E-state index in [1.807, 2.05) is 13.8 Å². The van der Waals surface area contributed by atoms with Crippen LogP contribution in [0.25, 0.3) is 0 Å². The predicted molar refractivity (Wildman–Crippen MR) is 234 cm³/mol. The smallest absolute Gasteiger partial charge is 0.261 e. The molecule has 0 spiro atoms. The third-order valence-electron chi connectivity index (χ3n) is 11.0. The molecule has 310 valence electrons. The Balaban J connectivity index is 1.53.